The van der Waals surface area contributed by atoms with Crippen LogP contribution in [0.25, 0.3) is 0 Å². The highest BCUT2D eigenvalue weighted by Gasteiger charge is 2.18. The summed E-state index contributed by atoms with van der Waals surface area (Å²) in [7, 11) is -3.80. The van der Waals surface area contributed by atoms with Crippen molar-refractivity contribution in [2.75, 3.05) is 5.73 Å². The average molecular weight is 286 g/mol. The van der Waals surface area contributed by atoms with Crippen molar-refractivity contribution in [2.24, 2.45) is 0 Å². The number of nitrogens with two attached hydrogens (primary N) is 1. The lowest BCUT2D eigenvalue weighted by molar-refractivity contribution is 0.579. The van der Waals surface area contributed by atoms with Gasteiger partial charge in [-0.25, -0.2) is 17.5 Å². The fourth-order valence-corrected chi connectivity index (χ4v) is 3.23. The van der Waals surface area contributed by atoms with E-state index >= 15 is 0 Å². The molecule has 0 saturated carbocycles. The molecule has 1 heterocycles. The fourth-order valence-electron chi connectivity index (χ4n) is 1.40. The summed E-state index contributed by atoms with van der Waals surface area (Å²) < 4.78 is 39.5. The standard InChI is InChI=1S/C11H11FN2O2S2/c12-9-2-1-3-10(11(9)13)18(15,16)14-6-8-4-5-17-7-8/h1-5,7,14H,6,13H2. The summed E-state index contributed by atoms with van der Waals surface area (Å²) in [6, 6.07) is 5.51. The van der Waals surface area contributed by atoms with Crippen LogP contribution in [0.1, 0.15) is 5.56 Å². The van der Waals surface area contributed by atoms with Gasteiger partial charge in [-0.15, -0.1) is 0 Å². The van der Waals surface area contributed by atoms with Crippen LogP contribution in [0.2, 0.25) is 0 Å². The van der Waals surface area contributed by atoms with Crippen LogP contribution in [0.15, 0.2) is 39.9 Å². The highest BCUT2D eigenvalue weighted by molar-refractivity contribution is 7.89. The first kappa shape index (κ1) is 13.0. The van der Waals surface area contributed by atoms with Crippen LogP contribution in [-0.4, -0.2) is 8.42 Å². The molecule has 4 nitrogen and oxygen atoms in total. The van der Waals surface area contributed by atoms with Crippen LogP contribution in [0.3, 0.4) is 0 Å². The lowest BCUT2D eigenvalue weighted by Crippen LogP contribution is -2.24. The van der Waals surface area contributed by atoms with Crippen LogP contribution in [-0.2, 0) is 16.6 Å². The molecule has 0 amide bonds. The molecule has 0 unspecified atom stereocenters. The van der Waals surface area contributed by atoms with Crippen molar-refractivity contribution in [3.63, 3.8) is 0 Å². The molecule has 1 aromatic heterocycles. The van der Waals surface area contributed by atoms with Crippen molar-refractivity contribution < 1.29 is 12.8 Å². The number of halogens is 1. The van der Waals surface area contributed by atoms with E-state index in [1.165, 1.54) is 23.5 Å². The second-order valence-corrected chi connectivity index (χ2v) is 6.12. The van der Waals surface area contributed by atoms with Gasteiger partial charge >= 0.3 is 0 Å². The van der Waals surface area contributed by atoms with E-state index in [2.05, 4.69) is 4.72 Å². The minimum Gasteiger partial charge on any atom is -0.395 e. The van der Waals surface area contributed by atoms with Gasteiger partial charge in [0.1, 0.15) is 10.7 Å². The van der Waals surface area contributed by atoms with E-state index in [4.69, 9.17) is 5.73 Å². The molecule has 0 spiro atoms. The molecule has 0 saturated heterocycles. The van der Waals surface area contributed by atoms with Gasteiger partial charge in [-0.3, -0.25) is 0 Å². The topological polar surface area (TPSA) is 72.2 Å². The van der Waals surface area contributed by atoms with Gasteiger partial charge in [0.05, 0.1) is 5.69 Å². The highest BCUT2D eigenvalue weighted by atomic mass is 32.2. The zero-order chi connectivity index (χ0) is 13.2. The van der Waals surface area contributed by atoms with E-state index < -0.39 is 15.8 Å². The van der Waals surface area contributed by atoms with Gasteiger partial charge in [-0.2, -0.15) is 11.3 Å². The summed E-state index contributed by atoms with van der Waals surface area (Å²) in [4.78, 5) is -0.238. The van der Waals surface area contributed by atoms with Crippen molar-refractivity contribution in [2.45, 2.75) is 11.4 Å². The molecule has 7 heteroatoms. The van der Waals surface area contributed by atoms with Gasteiger partial charge in [-0.1, -0.05) is 6.07 Å². The molecule has 0 aliphatic carbocycles. The van der Waals surface area contributed by atoms with Crippen LogP contribution < -0.4 is 10.5 Å². The predicted octanol–water partition coefficient (Wildman–Crippen LogP) is 1.95. The number of anilines is 1. The van der Waals surface area contributed by atoms with E-state index in [0.717, 1.165) is 11.6 Å². The summed E-state index contributed by atoms with van der Waals surface area (Å²) in [5.74, 6) is -0.742. The molecule has 96 valence electrons. The number of hydrogen-bond acceptors (Lipinski definition) is 4. The number of rotatable bonds is 4. The maximum atomic E-state index is 13.2. The Bertz CT molecular complexity index is 639. The van der Waals surface area contributed by atoms with Gasteiger partial charge in [0.25, 0.3) is 0 Å². The Balaban J connectivity index is 2.23. The Hall–Kier alpha value is -1.44. The molecule has 2 aromatic rings. The zero-order valence-electron chi connectivity index (χ0n) is 9.26. The minimum absolute atomic E-state index is 0.155. The molecule has 0 aliphatic rings. The number of hydrogen-bond donors (Lipinski definition) is 2. The number of benzene rings is 1. The third kappa shape index (κ3) is 2.69. The predicted molar refractivity (Wildman–Crippen MR) is 69.2 cm³/mol. The van der Waals surface area contributed by atoms with Crippen molar-refractivity contribution in [3.8, 4) is 0 Å². The molecule has 0 atom stereocenters. The third-order valence-electron chi connectivity index (χ3n) is 2.35. The first-order valence-corrected chi connectivity index (χ1v) is 7.48. The number of nitrogen functional groups attached to an aromatic ring is 1. The lowest BCUT2D eigenvalue weighted by atomic mass is 10.3. The average Bonchev–Trinajstić information content (AvgIpc) is 2.83. The fraction of sp³-hybridized carbons (Fsp3) is 0.0909. The Kier molecular flexibility index (Phi) is 3.65. The molecular weight excluding hydrogens is 275 g/mol. The molecular formula is C11H11FN2O2S2. The van der Waals surface area contributed by atoms with E-state index in [9.17, 15) is 12.8 Å². The SMILES string of the molecule is Nc1c(F)cccc1S(=O)(=O)NCc1ccsc1. The van der Waals surface area contributed by atoms with Crippen molar-refractivity contribution in [3.05, 3.63) is 46.4 Å². The molecule has 2 rings (SSSR count). The van der Waals surface area contributed by atoms with Gasteiger partial charge in [0, 0.05) is 6.54 Å². The second-order valence-electron chi connectivity index (χ2n) is 3.61. The summed E-state index contributed by atoms with van der Waals surface area (Å²) in [5.41, 5.74) is 5.91. The van der Waals surface area contributed by atoms with E-state index in [1.54, 1.807) is 0 Å². The number of sulfonamides is 1. The first-order valence-electron chi connectivity index (χ1n) is 5.05. The molecule has 1 aromatic carbocycles. The van der Waals surface area contributed by atoms with Crippen molar-refractivity contribution in [1.82, 2.24) is 4.72 Å². The summed E-state index contributed by atoms with van der Waals surface area (Å²) in [5, 5.41) is 3.68. The quantitative estimate of drug-likeness (QED) is 0.844. The summed E-state index contributed by atoms with van der Waals surface area (Å²) >= 11 is 1.47. The van der Waals surface area contributed by atoms with Crippen molar-refractivity contribution >= 4 is 27.0 Å². The smallest absolute Gasteiger partial charge is 0.243 e. The third-order valence-corrected chi connectivity index (χ3v) is 4.54. The van der Waals surface area contributed by atoms with Gasteiger partial charge in [0.2, 0.25) is 10.0 Å². The molecule has 0 radical (unpaired) electrons. The van der Waals surface area contributed by atoms with Crippen LogP contribution >= 0.6 is 11.3 Å². The largest absolute Gasteiger partial charge is 0.395 e. The number of thiophene rings is 1. The van der Waals surface area contributed by atoms with Crippen LogP contribution in [0.5, 0.6) is 0 Å². The Morgan fingerprint density at radius 1 is 1.33 bits per heavy atom. The first-order chi connectivity index (χ1) is 8.50. The monoisotopic (exact) mass is 286 g/mol. The summed E-state index contributed by atoms with van der Waals surface area (Å²) in [6.45, 7) is 0.155. The van der Waals surface area contributed by atoms with E-state index in [1.807, 2.05) is 16.8 Å². The number of nitrogens with one attached hydrogen (secondary N) is 1. The molecule has 0 aliphatic heterocycles. The Labute approximate surface area is 108 Å². The molecule has 3 N–H and O–H groups in total. The zero-order valence-corrected chi connectivity index (χ0v) is 10.9. The second kappa shape index (κ2) is 5.05. The molecule has 0 bridgehead atoms. The highest BCUT2D eigenvalue weighted by Crippen LogP contribution is 2.21. The van der Waals surface area contributed by atoms with Crippen LogP contribution in [0, 0.1) is 5.82 Å². The Morgan fingerprint density at radius 2 is 2.11 bits per heavy atom. The van der Waals surface area contributed by atoms with E-state index in [0.29, 0.717) is 0 Å². The molecule has 0 fully saturated rings. The maximum absolute atomic E-state index is 13.2. The van der Waals surface area contributed by atoms with Gasteiger partial charge in [-0.05, 0) is 34.5 Å². The Morgan fingerprint density at radius 3 is 2.78 bits per heavy atom. The normalized spacial score (nSPS) is 11.6. The number of para-hydroxylation sites is 1. The lowest BCUT2D eigenvalue weighted by Gasteiger charge is -2.08. The van der Waals surface area contributed by atoms with Gasteiger partial charge < -0.3 is 5.73 Å². The van der Waals surface area contributed by atoms with Crippen LogP contribution in [0.4, 0.5) is 10.1 Å². The van der Waals surface area contributed by atoms with Gasteiger partial charge in [0.15, 0.2) is 0 Å². The minimum atomic E-state index is -3.80. The maximum Gasteiger partial charge on any atom is 0.243 e. The van der Waals surface area contributed by atoms with Crippen molar-refractivity contribution in [1.29, 1.82) is 0 Å². The summed E-state index contributed by atoms with van der Waals surface area (Å²) in [6.07, 6.45) is 0. The van der Waals surface area contributed by atoms with E-state index in [-0.39, 0.29) is 17.1 Å². The molecule has 18 heavy (non-hydrogen) atoms.